The molecule has 11 N–H and O–H groups in total. The molecule has 4 aliphatic rings. The van der Waals surface area contributed by atoms with Gasteiger partial charge in [-0.1, -0.05) is 42.5 Å². The Hall–Kier alpha value is -6.96. The van der Waals surface area contributed by atoms with Crippen LogP contribution in [0.5, 0.6) is 0 Å². The lowest BCUT2D eigenvalue weighted by Gasteiger charge is -2.53. The number of nitrogens with one attached hydrogen (secondary N) is 5. The number of rotatable bonds is 26. The van der Waals surface area contributed by atoms with Gasteiger partial charge in [0.2, 0.25) is 17.7 Å². The molecule has 1 unspecified atom stereocenters. The first-order valence-electron chi connectivity index (χ1n) is 25.3. The van der Waals surface area contributed by atoms with Crippen molar-refractivity contribution in [3.05, 3.63) is 48.0 Å². The minimum absolute atomic E-state index is 0.0490. The molecule has 4 fully saturated rings. The third-order valence-electron chi connectivity index (χ3n) is 14.5. The number of aliphatic carboxylic acids is 6. The van der Waals surface area contributed by atoms with Crippen molar-refractivity contribution in [2.45, 2.75) is 101 Å². The lowest BCUT2D eigenvalue weighted by atomic mass is 9.56. The fourth-order valence-electron chi connectivity index (χ4n) is 10.1. The molecule has 5 amide bonds. The summed E-state index contributed by atoms with van der Waals surface area (Å²) in [6.07, 6.45) is 2.44. The zero-order chi connectivity index (χ0) is 54.7. The second-order valence-electron chi connectivity index (χ2n) is 19.9. The molecule has 2 aromatic carbocycles. The van der Waals surface area contributed by atoms with Crippen molar-refractivity contribution in [3.63, 3.8) is 0 Å². The van der Waals surface area contributed by atoms with E-state index in [1.54, 1.807) is 14.7 Å². The summed E-state index contributed by atoms with van der Waals surface area (Å²) in [4.78, 5) is 131. The first-order chi connectivity index (χ1) is 35.6. The lowest BCUT2D eigenvalue weighted by molar-refractivity contribution is -0.143. The van der Waals surface area contributed by atoms with E-state index in [1.807, 2.05) is 47.4 Å². The van der Waals surface area contributed by atoms with Gasteiger partial charge in [-0.2, -0.15) is 0 Å². The number of carboxylic acids is 6. The fourth-order valence-corrected chi connectivity index (χ4v) is 10.1. The predicted molar refractivity (Wildman–Crippen MR) is 268 cm³/mol. The van der Waals surface area contributed by atoms with E-state index in [0.29, 0.717) is 38.5 Å². The summed E-state index contributed by atoms with van der Waals surface area (Å²) in [5, 5.41) is 72.0. The molecule has 412 valence electrons. The Kier molecular flexibility index (Phi) is 22.1. The molecular formula is C50H71N9O16. The van der Waals surface area contributed by atoms with Crippen LogP contribution in [0.2, 0.25) is 0 Å². The molecule has 3 atom stereocenters. The van der Waals surface area contributed by atoms with Gasteiger partial charge in [-0.3, -0.25) is 53.2 Å². The average molecular weight is 1050 g/mol. The Labute approximate surface area is 433 Å². The Morgan fingerprint density at radius 3 is 1.48 bits per heavy atom. The van der Waals surface area contributed by atoms with Gasteiger partial charge in [0.25, 0.3) is 0 Å². The summed E-state index contributed by atoms with van der Waals surface area (Å²) in [6, 6.07) is 8.42. The number of amides is 5. The van der Waals surface area contributed by atoms with Gasteiger partial charge in [0.05, 0.1) is 26.2 Å². The molecular weight excluding hydrogens is 983 g/mol. The number of benzene rings is 2. The van der Waals surface area contributed by atoms with Crippen molar-refractivity contribution in [1.29, 1.82) is 0 Å². The van der Waals surface area contributed by atoms with Crippen LogP contribution >= 0.6 is 0 Å². The van der Waals surface area contributed by atoms with Gasteiger partial charge in [-0.25, -0.2) is 14.4 Å². The quantitative estimate of drug-likeness (QED) is 0.0548. The summed E-state index contributed by atoms with van der Waals surface area (Å²) in [5.41, 5.74) is -0.599. The molecule has 1 aliphatic heterocycles. The van der Waals surface area contributed by atoms with Crippen LogP contribution in [0.15, 0.2) is 42.5 Å². The third kappa shape index (κ3) is 19.0. The standard InChI is InChI=1S/C50H71N9O16/c60-39(29-56-19-21-57(30-41(63)64)23-25-59(32-43(67)68)26-24-58(22-20-56)31-42(65)66)55-50-15-12-49(13-16-50,14-17-50)47(74)52-38(28-33-8-9-34-5-1-2-6-35(34)27-33)44(69)51-18-4-3-7-36(45(70)71)53-48(75)54-37(46(72)73)10-11-40(61)62/h1-2,5-6,8-9,27,36-38H,3-4,7,10-26,28-32H2,(H,51,69)(H,52,74)(H,55,60)(H,61,62)(H,63,64)(H,65,66)(H,67,68)(H,70,71)(H,72,73)(H2,53,54,75)/t36?,37-,38-,49?,50?/m0/s1. The van der Waals surface area contributed by atoms with Crippen LogP contribution in [0.3, 0.4) is 0 Å². The Morgan fingerprint density at radius 2 is 1.00 bits per heavy atom. The number of hydrogen-bond donors (Lipinski definition) is 11. The molecule has 0 spiro atoms. The first kappa shape index (κ1) is 58.9. The van der Waals surface area contributed by atoms with Gasteiger partial charge in [-0.05, 0) is 80.5 Å². The van der Waals surface area contributed by atoms with E-state index >= 15 is 0 Å². The largest absolute Gasteiger partial charge is 0.481 e. The van der Waals surface area contributed by atoms with Crippen LogP contribution in [0.25, 0.3) is 10.8 Å². The van der Waals surface area contributed by atoms with E-state index in [4.69, 9.17) is 5.11 Å². The van der Waals surface area contributed by atoms with Crippen molar-refractivity contribution >= 4 is 70.3 Å². The topological polar surface area (TPSA) is 365 Å². The van der Waals surface area contributed by atoms with Gasteiger partial charge in [0.15, 0.2) is 0 Å². The van der Waals surface area contributed by atoms with E-state index in [0.717, 1.165) is 16.3 Å². The Balaban J connectivity index is 1.18. The molecule has 1 heterocycles. The van der Waals surface area contributed by atoms with Crippen molar-refractivity contribution in [2.24, 2.45) is 5.41 Å². The lowest BCUT2D eigenvalue weighted by Crippen LogP contribution is -2.62. The highest BCUT2D eigenvalue weighted by atomic mass is 16.4. The normalized spacial score (nSPS) is 21.2. The average Bonchev–Trinajstić information content (AvgIpc) is 3.35. The van der Waals surface area contributed by atoms with Crippen LogP contribution < -0.4 is 26.6 Å². The SMILES string of the molecule is O=C(O)CC[C@H](NC(=O)NC(CCCCNC(=O)[C@H](Cc1ccc2ccccc2c1)NC(=O)C12CCC(NC(=O)CN3CCN(CC(=O)O)CCN(CC(=O)O)CCN(CC(=O)O)CC3)(CC1)CC2)C(=O)O)C(=O)O. The third-order valence-corrected chi connectivity index (χ3v) is 14.5. The van der Waals surface area contributed by atoms with E-state index in [1.165, 1.54) is 0 Å². The molecule has 75 heavy (non-hydrogen) atoms. The highest BCUT2D eigenvalue weighted by molar-refractivity contribution is 5.91. The van der Waals surface area contributed by atoms with E-state index in [9.17, 15) is 73.5 Å². The van der Waals surface area contributed by atoms with Crippen molar-refractivity contribution in [1.82, 2.24) is 46.2 Å². The van der Waals surface area contributed by atoms with Gasteiger partial charge in [-0.15, -0.1) is 0 Å². The minimum Gasteiger partial charge on any atom is -0.481 e. The number of carboxylic acid groups (broad SMARTS) is 6. The number of urea groups is 1. The van der Waals surface area contributed by atoms with Crippen molar-refractivity contribution in [2.75, 3.05) is 85.1 Å². The molecule has 25 heteroatoms. The van der Waals surface area contributed by atoms with Crippen molar-refractivity contribution < 1.29 is 78.6 Å². The molecule has 6 rings (SSSR count). The maximum atomic E-state index is 14.4. The monoisotopic (exact) mass is 1050 g/mol. The number of hydrogen-bond acceptors (Lipinski definition) is 14. The zero-order valence-corrected chi connectivity index (χ0v) is 42.0. The highest BCUT2D eigenvalue weighted by Crippen LogP contribution is 2.52. The molecule has 25 nitrogen and oxygen atoms in total. The second-order valence-corrected chi connectivity index (χ2v) is 19.9. The van der Waals surface area contributed by atoms with Crippen LogP contribution in [-0.2, 0) is 49.6 Å². The van der Waals surface area contributed by atoms with Gasteiger partial charge >= 0.3 is 41.8 Å². The molecule has 0 aromatic heterocycles. The molecule has 3 saturated carbocycles. The molecule has 2 aromatic rings. The number of fused-ring (bicyclic) bond motifs is 4. The van der Waals surface area contributed by atoms with E-state index < -0.39 is 89.7 Å². The zero-order valence-electron chi connectivity index (χ0n) is 42.0. The van der Waals surface area contributed by atoms with Crippen LogP contribution in [0.4, 0.5) is 4.79 Å². The summed E-state index contributed by atoms with van der Waals surface area (Å²) in [5.74, 6) is -8.33. The van der Waals surface area contributed by atoms with E-state index in [-0.39, 0.29) is 123 Å². The number of nitrogens with zero attached hydrogens (tertiary/aromatic N) is 4. The van der Waals surface area contributed by atoms with Crippen LogP contribution in [0.1, 0.15) is 76.2 Å². The van der Waals surface area contributed by atoms with Gasteiger partial charge < -0.3 is 57.2 Å². The number of carbonyl (C=O) groups excluding carboxylic acids is 4. The van der Waals surface area contributed by atoms with Crippen molar-refractivity contribution in [3.8, 4) is 0 Å². The molecule has 3 aliphatic carbocycles. The Morgan fingerprint density at radius 1 is 0.520 bits per heavy atom. The summed E-state index contributed by atoms with van der Waals surface area (Å²) in [6.45, 7) is 1.23. The summed E-state index contributed by atoms with van der Waals surface area (Å²) < 4.78 is 0. The van der Waals surface area contributed by atoms with Gasteiger partial charge in [0, 0.05) is 82.7 Å². The Bertz CT molecular complexity index is 2330. The van der Waals surface area contributed by atoms with Crippen LogP contribution in [0, 0.1) is 5.41 Å². The smallest absolute Gasteiger partial charge is 0.326 e. The first-order valence-corrected chi connectivity index (χ1v) is 25.3. The van der Waals surface area contributed by atoms with Gasteiger partial charge in [0.1, 0.15) is 18.1 Å². The molecule has 1 saturated heterocycles. The number of unbranched alkanes of at least 4 members (excludes halogenated alkanes) is 1. The second kappa shape index (κ2) is 28.1. The molecule has 0 radical (unpaired) electrons. The van der Waals surface area contributed by atoms with Crippen LogP contribution in [-0.4, -0.2) is 219 Å². The predicted octanol–water partition coefficient (Wildman–Crippen LogP) is -0.0914. The summed E-state index contributed by atoms with van der Waals surface area (Å²) in [7, 11) is 0. The maximum Gasteiger partial charge on any atom is 0.326 e. The highest BCUT2D eigenvalue weighted by Gasteiger charge is 2.53. The minimum atomic E-state index is -1.56. The fraction of sp³-hybridized carbons (Fsp3) is 0.600. The number of carbonyl (C=O) groups is 10. The molecule has 2 bridgehead atoms. The maximum absolute atomic E-state index is 14.4. The summed E-state index contributed by atoms with van der Waals surface area (Å²) >= 11 is 0. The van der Waals surface area contributed by atoms with E-state index in [2.05, 4.69) is 26.6 Å².